The fraction of sp³-hybridized carbons (Fsp3) is 0.176. The summed E-state index contributed by atoms with van der Waals surface area (Å²) >= 11 is 0. The van der Waals surface area contributed by atoms with E-state index in [9.17, 15) is 14.0 Å². The van der Waals surface area contributed by atoms with Crippen LogP contribution in [0, 0.1) is 11.7 Å². The third-order valence-corrected chi connectivity index (χ3v) is 3.58. The molecule has 0 N–H and O–H groups in total. The molecular formula is C17H13FO2. The molecule has 0 bridgehead atoms. The van der Waals surface area contributed by atoms with Crippen LogP contribution in [0.1, 0.15) is 33.6 Å². The van der Waals surface area contributed by atoms with Crippen molar-refractivity contribution in [1.82, 2.24) is 0 Å². The lowest BCUT2D eigenvalue weighted by Crippen LogP contribution is -2.00. The number of hydrogen-bond acceptors (Lipinski definition) is 2. The highest BCUT2D eigenvalue weighted by Crippen LogP contribution is 2.33. The summed E-state index contributed by atoms with van der Waals surface area (Å²) in [4.78, 5) is 22.5. The molecule has 20 heavy (non-hydrogen) atoms. The van der Waals surface area contributed by atoms with E-state index in [-0.39, 0.29) is 17.3 Å². The molecule has 2 aromatic carbocycles. The second-order valence-electron chi connectivity index (χ2n) is 5.07. The molecule has 100 valence electrons. The topological polar surface area (TPSA) is 34.1 Å². The Bertz CT molecular complexity index is 670. The minimum atomic E-state index is -0.532. The van der Waals surface area contributed by atoms with Gasteiger partial charge in [-0.25, -0.2) is 4.39 Å². The average Bonchev–Trinajstić information content (AvgIpc) is 3.31. The van der Waals surface area contributed by atoms with Crippen LogP contribution in [-0.4, -0.2) is 12.1 Å². The van der Waals surface area contributed by atoms with Crippen LogP contribution in [0.2, 0.25) is 0 Å². The number of aldehydes is 1. The van der Waals surface area contributed by atoms with E-state index in [1.807, 2.05) is 12.1 Å². The van der Waals surface area contributed by atoms with E-state index < -0.39 is 5.82 Å². The molecule has 1 aliphatic carbocycles. The van der Waals surface area contributed by atoms with Gasteiger partial charge in [-0.3, -0.25) is 9.59 Å². The summed E-state index contributed by atoms with van der Waals surface area (Å²) in [6.07, 6.45) is 2.47. The number of hydrogen-bond donors (Lipinski definition) is 0. The highest BCUT2D eigenvalue weighted by atomic mass is 19.1. The molecular weight excluding hydrogens is 255 g/mol. The number of Topliss-reactive ketones (excluding diaryl/α,β-unsaturated/α-hetero) is 1. The van der Waals surface area contributed by atoms with Crippen molar-refractivity contribution in [3.8, 4) is 11.1 Å². The van der Waals surface area contributed by atoms with Gasteiger partial charge in [0.1, 0.15) is 5.82 Å². The first-order valence-corrected chi connectivity index (χ1v) is 6.58. The fourth-order valence-electron chi connectivity index (χ4n) is 2.21. The number of rotatable bonds is 4. The third-order valence-electron chi connectivity index (χ3n) is 3.58. The van der Waals surface area contributed by atoms with E-state index in [1.54, 1.807) is 18.2 Å². The first-order valence-electron chi connectivity index (χ1n) is 6.58. The van der Waals surface area contributed by atoms with E-state index in [0.29, 0.717) is 17.4 Å². The number of benzene rings is 2. The molecule has 3 rings (SSSR count). The maximum atomic E-state index is 13.6. The Balaban J connectivity index is 1.88. The van der Waals surface area contributed by atoms with E-state index in [0.717, 1.165) is 18.4 Å². The van der Waals surface area contributed by atoms with Gasteiger partial charge in [-0.2, -0.15) is 0 Å². The van der Waals surface area contributed by atoms with Crippen molar-refractivity contribution in [3.05, 3.63) is 59.4 Å². The largest absolute Gasteiger partial charge is 0.298 e. The molecule has 2 nitrogen and oxygen atoms in total. The summed E-state index contributed by atoms with van der Waals surface area (Å²) < 4.78 is 13.6. The van der Waals surface area contributed by atoms with Gasteiger partial charge in [-0.1, -0.05) is 30.3 Å². The first kappa shape index (κ1) is 12.7. The molecule has 1 aliphatic rings. The zero-order valence-corrected chi connectivity index (χ0v) is 10.8. The third kappa shape index (κ3) is 2.39. The fourth-order valence-corrected chi connectivity index (χ4v) is 2.21. The lowest BCUT2D eigenvalue weighted by atomic mass is 10.00. The quantitative estimate of drug-likeness (QED) is 0.622. The van der Waals surface area contributed by atoms with E-state index in [1.165, 1.54) is 12.1 Å². The Morgan fingerprint density at radius 3 is 2.25 bits per heavy atom. The molecule has 3 heteroatoms. The van der Waals surface area contributed by atoms with Crippen LogP contribution in [0.25, 0.3) is 11.1 Å². The van der Waals surface area contributed by atoms with Crippen LogP contribution in [0.5, 0.6) is 0 Å². The smallest absolute Gasteiger partial charge is 0.165 e. The zero-order valence-electron chi connectivity index (χ0n) is 10.8. The normalized spacial score (nSPS) is 14.1. The van der Waals surface area contributed by atoms with Crippen LogP contribution in [-0.2, 0) is 0 Å². The molecule has 1 fully saturated rings. The maximum absolute atomic E-state index is 13.6. The molecule has 2 aromatic rings. The minimum absolute atomic E-state index is 0.0503. The summed E-state index contributed by atoms with van der Waals surface area (Å²) in [6, 6.07) is 11.7. The average molecular weight is 268 g/mol. The van der Waals surface area contributed by atoms with Gasteiger partial charge in [0.2, 0.25) is 0 Å². The second kappa shape index (κ2) is 5.00. The van der Waals surface area contributed by atoms with Gasteiger partial charge in [0, 0.05) is 11.5 Å². The molecule has 0 atom stereocenters. The summed E-state index contributed by atoms with van der Waals surface area (Å²) in [5.74, 6) is -0.139. The number of carbonyl (C=O) groups excluding carboxylic acids is 2. The van der Waals surface area contributed by atoms with Crippen molar-refractivity contribution in [1.29, 1.82) is 0 Å². The predicted molar refractivity (Wildman–Crippen MR) is 74.3 cm³/mol. The Hall–Kier alpha value is -2.29. The lowest BCUT2D eigenvalue weighted by Gasteiger charge is -2.05. The Morgan fingerprint density at radius 2 is 1.70 bits per heavy atom. The summed E-state index contributed by atoms with van der Waals surface area (Å²) in [6.45, 7) is 0. The number of halogens is 1. The number of ketones is 1. The molecule has 0 aromatic heterocycles. The highest BCUT2D eigenvalue weighted by molar-refractivity contribution is 5.99. The van der Waals surface area contributed by atoms with Crippen molar-refractivity contribution in [3.63, 3.8) is 0 Å². The summed E-state index contributed by atoms with van der Waals surface area (Å²) in [7, 11) is 0. The van der Waals surface area contributed by atoms with Gasteiger partial charge in [-0.15, -0.1) is 0 Å². The van der Waals surface area contributed by atoms with E-state index in [2.05, 4.69) is 0 Å². The van der Waals surface area contributed by atoms with Crippen LogP contribution in [0.15, 0.2) is 42.5 Å². The second-order valence-corrected chi connectivity index (χ2v) is 5.07. The molecule has 0 unspecified atom stereocenters. The molecule has 0 heterocycles. The van der Waals surface area contributed by atoms with Crippen molar-refractivity contribution in [2.75, 3.05) is 0 Å². The molecule has 0 aliphatic heterocycles. The van der Waals surface area contributed by atoms with Crippen LogP contribution >= 0.6 is 0 Å². The van der Waals surface area contributed by atoms with Crippen LogP contribution in [0.4, 0.5) is 4.39 Å². The van der Waals surface area contributed by atoms with Gasteiger partial charge in [0.05, 0.1) is 5.56 Å². The van der Waals surface area contributed by atoms with Gasteiger partial charge in [0.15, 0.2) is 12.1 Å². The molecule has 0 spiro atoms. The van der Waals surface area contributed by atoms with Crippen molar-refractivity contribution < 1.29 is 14.0 Å². The van der Waals surface area contributed by atoms with Gasteiger partial charge in [0.25, 0.3) is 0 Å². The van der Waals surface area contributed by atoms with Crippen LogP contribution in [0.3, 0.4) is 0 Å². The monoisotopic (exact) mass is 268 g/mol. The Kier molecular flexibility index (Phi) is 3.18. The van der Waals surface area contributed by atoms with Gasteiger partial charge < -0.3 is 0 Å². The SMILES string of the molecule is O=Cc1ccc(-c2ccc(C(=O)C3CC3)cc2)cc1F. The molecule has 1 saturated carbocycles. The van der Waals surface area contributed by atoms with Crippen molar-refractivity contribution >= 4 is 12.1 Å². The number of carbonyl (C=O) groups is 2. The summed E-state index contributed by atoms with van der Waals surface area (Å²) in [5, 5.41) is 0. The van der Waals surface area contributed by atoms with E-state index in [4.69, 9.17) is 0 Å². The molecule has 0 saturated heterocycles. The first-order chi connectivity index (χ1) is 9.69. The van der Waals surface area contributed by atoms with Crippen LogP contribution < -0.4 is 0 Å². The summed E-state index contributed by atoms with van der Waals surface area (Å²) in [5.41, 5.74) is 2.28. The van der Waals surface area contributed by atoms with Gasteiger partial charge >= 0.3 is 0 Å². The standard InChI is InChI=1S/C17H13FO2/c18-16-9-14(7-8-15(16)10-19)11-1-3-12(4-2-11)17(20)13-5-6-13/h1-4,7-10,13H,5-6H2. The van der Waals surface area contributed by atoms with Crippen molar-refractivity contribution in [2.45, 2.75) is 12.8 Å². The predicted octanol–water partition coefficient (Wildman–Crippen LogP) is 3.90. The Morgan fingerprint density at radius 1 is 1.05 bits per heavy atom. The highest BCUT2D eigenvalue weighted by Gasteiger charge is 2.30. The van der Waals surface area contributed by atoms with E-state index >= 15 is 0 Å². The van der Waals surface area contributed by atoms with Crippen molar-refractivity contribution in [2.24, 2.45) is 5.92 Å². The lowest BCUT2D eigenvalue weighted by molar-refractivity contribution is 0.0967. The zero-order chi connectivity index (χ0) is 14.1. The maximum Gasteiger partial charge on any atom is 0.165 e. The van der Waals surface area contributed by atoms with Gasteiger partial charge in [-0.05, 0) is 36.1 Å². The molecule has 0 amide bonds. The minimum Gasteiger partial charge on any atom is -0.298 e. The Labute approximate surface area is 116 Å². The molecule has 0 radical (unpaired) electrons.